The lowest BCUT2D eigenvalue weighted by Crippen LogP contribution is -2.50. The minimum atomic E-state index is -0.585. The van der Waals surface area contributed by atoms with Crippen molar-refractivity contribution in [3.05, 3.63) is 0 Å². The normalized spacial score (nSPS) is 41.1. The fourth-order valence-corrected chi connectivity index (χ4v) is 3.68. The minimum Gasteiger partial charge on any atom is -0.481 e. The van der Waals surface area contributed by atoms with E-state index in [0.29, 0.717) is 23.9 Å². The van der Waals surface area contributed by atoms with Gasteiger partial charge in [-0.2, -0.15) is 0 Å². The summed E-state index contributed by atoms with van der Waals surface area (Å²) in [5, 5.41) is 9.29. The Balaban J connectivity index is 2.24. The van der Waals surface area contributed by atoms with Gasteiger partial charge in [0.2, 0.25) is 0 Å². The molecule has 0 radical (unpaired) electrons. The molecule has 86 valence electrons. The van der Waals surface area contributed by atoms with Crippen molar-refractivity contribution < 1.29 is 9.90 Å². The molecule has 0 spiro atoms. The van der Waals surface area contributed by atoms with Crippen LogP contribution in [-0.4, -0.2) is 35.1 Å². The Morgan fingerprint density at radius 2 is 2.07 bits per heavy atom. The van der Waals surface area contributed by atoms with E-state index in [-0.39, 0.29) is 5.92 Å². The average Bonchev–Trinajstić information content (AvgIpc) is 2.41. The minimum absolute atomic E-state index is 0.112. The predicted molar refractivity (Wildman–Crippen MR) is 58.6 cm³/mol. The summed E-state index contributed by atoms with van der Waals surface area (Å²) in [5.41, 5.74) is 0. The van der Waals surface area contributed by atoms with Gasteiger partial charge in [0.25, 0.3) is 0 Å². The van der Waals surface area contributed by atoms with Gasteiger partial charge in [0.05, 0.1) is 5.92 Å². The Bertz CT molecular complexity index is 264. The van der Waals surface area contributed by atoms with Crippen molar-refractivity contribution in [1.29, 1.82) is 0 Å². The molecular formula is C12H21NO2. The van der Waals surface area contributed by atoms with Gasteiger partial charge in [-0.15, -0.1) is 0 Å². The molecule has 4 atom stereocenters. The fourth-order valence-electron chi connectivity index (χ4n) is 3.68. The van der Waals surface area contributed by atoms with Crippen LogP contribution in [0.1, 0.15) is 33.1 Å². The summed E-state index contributed by atoms with van der Waals surface area (Å²) >= 11 is 0. The van der Waals surface area contributed by atoms with Crippen LogP contribution in [0.4, 0.5) is 0 Å². The lowest BCUT2D eigenvalue weighted by Gasteiger charge is -2.43. The second kappa shape index (κ2) is 3.78. The van der Waals surface area contributed by atoms with Gasteiger partial charge in [-0.05, 0) is 38.1 Å². The zero-order valence-corrected chi connectivity index (χ0v) is 9.81. The number of rotatable bonds is 2. The van der Waals surface area contributed by atoms with E-state index in [1.807, 2.05) is 0 Å². The van der Waals surface area contributed by atoms with Crippen LogP contribution in [0.15, 0.2) is 0 Å². The summed E-state index contributed by atoms with van der Waals surface area (Å²) in [5.74, 6) is 0.112. The highest BCUT2D eigenvalue weighted by Gasteiger charge is 2.48. The number of piperidine rings is 1. The molecule has 2 aliphatic heterocycles. The molecule has 0 aromatic rings. The smallest absolute Gasteiger partial charge is 0.306 e. The third-order valence-electron chi connectivity index (χ3n) is 4.42. The van der Waals surface area contributed by atoms with Crippen molar-refractivity contribution >= 4 is 5.97 Å². The van der Waals surface area contributed by atoms with E-state index in [1.165, 1.54) is 12.8 Å². The summed E-state index contributed by atoms with van der Waals surface area (Å²) in [7, 11) is 2.16. The maximum absolute atomic E-state index is 11.3. The maximum Gasteiger partial charge on any atom is 0.306 e. The molecule has 1 N–H and O–H groups in total. The van der Waals surface area contributed by atoms with Crippen LogP contribution in [0.5, 0.6) is 0 Å². The molecule has 15 heavy (non-hydrogen) atoms. The predicted octanol–water partition coefficient (Wildman–Crippen LogP) is 1.83. The first-order chi connectivity index (χ1) is 7.02. The van der Waals surface area contributed by atoms with Crippen molar-refractivity contribution in [1.82, 2.24) is 4.90 Å². The molecule has 2 saturated heterocycles. The van der Waals surface area contributed by atoms with E-state index in [2.05, 4.69) is 25.8 Å². The van der Waals surface area contributed by atoms with E-state index in [4.69, 9.17) is 0 Å². The summed E-state index contributed by atoms with van der Waals surface area (Å²) < 4.78 is 0. The molecule has 0 aromatic carbocycles. The molecule has 0 saturated carbocycles. The Kier molecular flexibility index (Phi) is 2.75. The Labute approximate surface area is 91.5 Å². The van der Waals surface area contributed by atoms with Gasteiger partial charge in [0.1, 0.15) is 0 Å². The average molecular weight is 211 g/mol. The van der Waals surface area contributed by atoms with Crippen LogP contribution in [0.2, 0.25) is 0 Å². The van der Waals surface area contributed by atoms with Crippen LogP contribution in [0, 0.1) is 17.8 Å². The van der Waals surface area contributed by atoms with Crippen LogP contribution in [-0.2, 0) is 4.79 Å². The van der Waals surface area contributed by atoms with Crippen LogP contribution in [0.3, 0.4) is 0 Å². The quantitative estimate of drug-likeness (QED) is 0.757. The molecule has 2 aliphatic rings. The van der Waals surface area contributed by atoms with E-state index in [9.17, 15) is 9.90 Å². The first-order valence-electron chi connectivity index (χ1n) is 5.97. The lowest BCUT2D eigenvalue weighted by molar-refractivity contribution is -0.148. The topological polar surface area (TPSA) is 40.5 Å². The van der Waals surface area contributed by atoms with Crippen molar-refractivity contribution in [2.24, 2.45) is 17.8 Å². The van der Waals surface area contributed by atoms with Crippen molar-refractivity contribution in [2.75, 3.05) is 7.05 Å². The van der Waals surface area contributed by atoms with E-state index in [1.54, 1.807) is 0 Å². The van der Waals surface area contributed by atoms with Crippen LogP contribution < -0.4 is 0 Å². The van der Waals surface area contributed by atoms with Crippen LogP contribution in [0.25, 0.3) is 0 Å². The number of hydrogen-bond donors (Lipinski definition) is 1. The van der Waals surface area contributed by atoms with Gasteiger partial charge in [-0.25, -0.2) is 0 Å². The third-order valence-corrected chi connectivity index (χ3v) is 4.42. The van der Waals surface area contributed by atoms with Gasteiger partial charge in [-0.1, -0.05) is 13.8 Å². The van der Waals surface area contributed by atoms with Gasteiger partial charge in [-0.3, -0.25) is 4.79 Å². The molecule has 0 aromatic heterocycles. The lowest BCUT2D eigenvalue weighted by atomic mass is 9.74. The first kappa shape index (κ1) is 10.9. The SMILES string of the molecule is CC(C)C1C(C(=O)O)CC2CCC1N2C. The van der Waals surface area contributed by atoms with Gasteiger partial charge in [0.15, 0.2) is 0 Å². The molecule has 2 rings (SSSR count). The number of carboxylic acids is 1. The Morgan fingerprint density at radius 1 is 1.40 bits per heavy atom. The number of aliphatic carboxylic acids is 1. The molecule has 2 fully saturated rings. The van der Waals surface area contributed by atoms with Crippen molar-refractivity contribution in [3.8, 4) is 0 Å². The monoisotopic (exact) mass is 211 g/mol. The highest BCUT2D eigenvalue weighted by molar-refractivity contribution is 5.71. The molecule has 4 unspecified atom stereocenters. The van der Waals surface area contributed by atoms with Gasteiger partial charge >= 0.3 is 5.97 Å². The molecule has 3 nitrogen and oxygen atoms in total. The highest BCUT2D eigenvalue weighted by atomic mass is 16.4. The second-order valence-electron chi connectivity index (χ2n) is 5.47. The van der Waals surface area contributed by atoms with Crippen molar-refractivity contribution in [3.63, 3.8) is 0 Å². The molecule has 2 bridgehead atoms. The molecule has 2 heterocycles. The molecular weight excluding hydrogens is 190 g/mol. The van der Waals surface area contributed by atoms with Crippen LogP contribution >= 0.6 is 0 Å². The standard InChI is InChI=1S/C12H21NO2/c1-7(2)11-9(12(14)15)6-8-4-5-10(11)13(8)3/h7-11H,4-6H2,1-3H3,(H,14,15). The van der Waals surface area contributed by atoms with Gasteiger partial charge < -0.3 is 10.0 Å². The van der Waals surface area contributed by atoms with Gasteiger partial charge in [0, 0.05) is 12.1 Å². The number of hydrogen-bond acceptors (Lipinski definition) is 2. The van der Waals surface area contributed by atoms with E-state index < -0.39 is 5.97 Å². The van der Waals surface area contributed by atoms with E-state index in [0.717, 1.165) is 6.42 Å². The van der Waals surface area contributed by atoms with E-state index >= 15 is 0 Å². The zero-order chi connectivity index (χ0) is 11.2. The summed E-state index contributed by atoms with van der Waals surface area (Å²) in [4.78, 5) is 13.7. The first-order valence-corrected chi connectivity index (χ1v) is 5.97. The summed E-state index contributed by atoms with van der Waals surface area (Å²) in [6.07, 6.45) is 3.23. The summed E-state index contributed by atoms with van der Waals surface area (Å²) in [6.45, 7) is 4.32. The number of carboxylic acid groups (broad SMARTS) is 1. The molecule has 0 aliphatic carbocycles. The fraction of sp³-hybridized carbons (Fsp3) is 0.917. The maximum atomic E-state index is 11.3. The number of carbonyl (C=O) groups is 1. The Morgan fingerprint density at radius 3 is 2.60 bits per heavy atom. The number of nitrogens with zero attached hydrogens (tertiary/aromatic N) is 1. The third kappa shape index (κ3) is 1.67. The highest BCUT2D eigenvalue weighted by Crippen LogP contribution is 2.44. The number of fused-ring (bicyclic) bond motifs is 2. The molecule has 0 amide bonds. The zero-order valence-electron chi connectivity index (χ0n) is 9.81. The summed E-state index contributed by atoms with van der Waals surface area (Å²) in [6, 6.07) is 1.02. The second-order valence-corrected chi connectivity index (χ2v) is 5.47. The molecule has 3 heteroatoms. The van der Waals surface area contributed by atoms with Crippen molar-refractivity contribution in [2.45, 2.75) is 45.2 Å². The Hall–Kier alpha value is -0.570. The largest absolute Gasteiger partial charge is 0.481 e.